The number of aliphatic hydroxyl groups is 1. The van der Waals surface area contributed by atoms with E-state index in [0.29, 0.717) is 5.69 Å². The summed E-state index contributed by atoms with van der Waals surface area (Å²) >= 11 is 0. The molecule has 4 heteroatoms. The molecule has 1 aliphatic rings. The molecule has 0 heterocycles. The summed E-state index contributed by atoms with van der Waals surface area (Å²) in [6.45, 7) is 0. The molecule has 4 nitrogen and oxygen atoms in total. The molecule has 2 aromatic carbocycles. The van der Waals surface area contributed by atoms with Crippen molar-refractivity contribution in [3.63, 3.8) is 0 Å². The van der Waals surface area contributed by atoms with Gasteiger partial charge in [-0.1, -0.05) is 48.9 Å². The third-order valence-electron chi connectivity index (χ3n) is 4.34. The first kappa shape index (κ1) is 15.8. The average Bonchev–Trinajstić information content (AvgIpc) is 2.55. The van der Waals surface area contributed by atoms with Crippen molar-refractivity contribution in [3.05, 3.63) is 65.9 Å². The Hall–Kier alpha value is -3.06. The second-order valence-corrected chi connectivity index (χ2v) is 5.90. The topological polar surface area (TPSA) is 73.1 Å². The van der Waals surface area contributed by atoms with E-state index in [2.05, 4.69) is 5.32 Å². The van der Waals surface area contributed by atoms with E-state index >= 15 is 0 Å². The quantitative estimate of drug-likeness (QED) is 0.497. The lowest BCUT2D eigenvalue weighted by molar-refractivity contribution is -0.112. The van der Waals surface area contributed by atoms with Crippen LogP contribution in [-0.4, -0.2) is 11.0 Å². The van der Waals surface area contributed by atoms with Crippen LogP contribution < -0.4 is 5.32 Å². The Bertz CT molecular complexity index is 798. The molecule has 24 heavy (non-hydrogen) atoms. The van der Waals surface area contributed by atoms with Gasteiger partial charge in [0, 0.05) is 11.6 Å². The van der Waals surface area contributed by atoms with Gasteiger partial charge in [0.25, 0.3) is 5.91 Å². The number of anilines is 1. The van der Waals surface area contributed by atoms with Crippen LogP contribution in [0.15, 0.2) is 65.9 Å². The molecule has 1 aliphatic carbocycles. The summed E-state index contributed by atoms with van der Waals surface area (Å²) < 4.78 is 0. The van der Waals surface area contributed by atoms with E-state index in [1.54, 1.807) is 12.1 Å². The summed E-state index contributed by atoms with van der Waals surface area (Å²) in [6, 6.07) is 19.1. The highest BCUT2D eigenvalue weighted by Crippen LogP contribution is 2.33. The highest BCUT2D eigenvalue weighted by Gasteiger charge is 2.27. The minimum Gasteiger partial charge on any atom is -0.510 e. The molecule has 1 fully saturated rings. The standard InChI is InChI=1S/C20H18N2O2/c21-13-18(19(23)16-7-4-8-16)20(24)22-17-11-9-15(10-12-17)14-5-2-1-3-6-14/h1-3,5-6,9-12,16,23H,4,7-8H2,(H,22,24)/b19-18-. The fraction of sp³-hybridized carbons (Fsp3) is 0.200. The van der Waals surface area contributed by atoms with Crippen LogP contribution in [0.2, 0.25) is 0 Å². The van der Waals surface area contributed by atoms with E-state index in [1.807, 2.05) is 48.5 Å². The number of hydrogen-bond acceptors (Lipinski definition) is 3. The number of carbonyl (C=O) groups excluding carboxylic acids is 1. The highest BCUT2D eigenvalue weighted by atomic mass is 16.3. The summed E-state index contributed by atoms with van der Waals surface area (Å²) in [5.41, 5.74) is 2.54. The van der Waals surface area contributed by atoms with Crippen molar-refractivity contribution in [3.8, 4) is 17.2 Å². The summed E-state index contributed by atoms with van der Waals surface area (Å²) in [4.78, 5) is 12.2. The number of amides is 1. The lowest BCUT2D eigenvalue weighted by Gasteiger charge is -2.25. The fourth-order valence-electron chi connectivity index (χ4n) is 2.68. The van der Waals surface area contributed by atoms with E-state index in [9.17, 15) is 15.2 Å². The molecular weight excluding hydrogens is 300 g/mol. The number of rotatable bonds is 4. The van der Waals surface area contributed by atoms with Gasteiger partial charge in [-0.25, -0.2) is 0 Å². The minimum absolute atomic E-state index is 0.0501. The maximum atomic E-state index is 12.2. The number of nitrogens with zero attached hydrogens (tertiary/aromatic N) is 1. The molecule has 1 amide bonds. The van der Waals surface area contributed by atoms with Gasteiger partial charge in [-0.3, -0.25) is 4.79 Å². The van der Waals surface area contributed by atoms with Gasteiger partial charge in [0.2, 0.25) is 0 Å². The number of nitrogens with one attached hydrogen (secondary N) is 1. The van der Waals surface area contributed by atoms with E-state index < -0.39 is 5.91 Å². The first-order chi connectivity index (χ1) is 11.7. The zero-order valence-electron chi connectivity index (χ0n) is 13.2. The smallest absolute Gasteiger partial charge is 0.269 e. The van der Waals surface area contributed by atoms with Crippen molar-refractivity contribution >= 4 is 11.6 Å². The first-order valence-corrected chi connectivity index (χ1v) is 7.99. The van der Waals surface area contributed by atoms with Crippen LogP contribution >= 0.6 is 0 Å². The van der Waals surface area contributed by atoms with Gasteiger partial charge in [0.05, 0.1) is 0 Å². The lowest BCUT2D eigenvalue weighted by Crippen LogP contribution is -2.21. The van der Waals surface area contributed by atoms with Crippen LogP contribution in [0.4, 0.5) is 5.69 Å². The second kappa shape index (κ2) is 7.01. The zero-order valence-corrected chi connectivity index (χ0v) is 13.2. The summed E-state index contributed by atoms with van der Waals surface area (Å²) in [5, 5.41) is 21.9. The molecule has 120 valence electrons. The molecule has 0 spiro atoms. The van der Waals surface area contributed by atoms with Crippen LogP contribution in [0.25, 0.3) is 11.1 Å². The molecule has 0 atom stereocenters. The van der Waals surface area contributed by atoms with Crippen LogP contribution in [-0.2, 0) is 4.79 Å². The molecule has 1 saturated carbocycles. The summed E-state index contributed by atoms with van der Waals surface area (Å²) in [6.07, 6.45) is 2.68. The van der Waals surface area contributed by atoms with E-state index in [-0.39, 0.29) is 17.3 Å². The Labute approximate surface area is 141 Å². The number of hydrogen-bond donors (Lipinski definition) is 2. The Balaban J connectivity index is 1.74. The van der Waals surface area contributed by atoms with Crippen LogP contribution in [0.1, 0.15) is 19.3 Å². The SMILES string of the molecule is N#C/C(C(=O)Nc1ccc(-c2ccccc2)cc1)=C(/O)C1CCC1. The van der Waals surface area contributed by atoms with Crippen LogP contribution in [0.3, 0.4) is 0 Å². The number of aliphatic hydroxyl groups excluding tert-OH is 1. The molecule has 0 bridgehead atoms. The normalized spacial score (nSPS) is 15.0. The fourth-order valence-corrected chi connectivity index (χ4v) is 2.68. The molecular formula is C20H18N2O2. The zero-order chi connectivity index (χ0) is 16.9. The first-order valence-electron chi connectivity index (χ1n) is 7.99. The van der Waals surface area contributed by atoms with Gasteiger partial charge in [-0.2, -0.15) is 5.26 Å². The molecule has 2 aromatic rings. The van der Waals surface area contributed by atoms with Crippen LogP contribution in [0, 0.1) is 17.2 Å². The van der Waals surface area contributed by atoms with Crippen LogP contribution in [0.5, 0.6) is 0 Å². The maximum absolute atomic E-state index is 12.2. The van der Waals surface area contributed by atoms with Gasteiger partial charge < -0.3 is 10.4 Å². The average molecular weight is 318 g/mol. The third-order valence-corrected chi connectivity index (χ3v) is 4.34. The van der Waals surface area contributed by atoms with Gasteiger partial charge in [-0.15, -0.1) is 0 Å². The lowest BCUT2D eigenvalue weighted by atomic mass is 9.82. The maximum Gasteiger partial charge on any atom is 0.269 e. The number of nitriles is 1. The number of carbonyl (C=O) groups is 1. The van der Waals surface area contributed by atoms with E-state index in [4.69, 9.17) is 0 Å². The van der Waals surface area contributed by atoms with Crippen molar-refractivity contribution in [2.45, 2.75) is 19.3 Å². The van der Waals surface area contributed by atoms with E-state index in [0.717, 1.165) is 30.4 Å². The molecule has 3 rings (SSSR count). The monoisotopic (exact) mass is 318 g/mol. The largest absolute Gasteiger partial charge is 0.510 e. The van der Waals surface area contributed by atoms with Crippen molar-refractivity contribution in [1.82, 2.24) is 0 Å². The van der Waals surface area contributed by atoms with Crippen molar-refractivity contribution in [2.75, 3.05) is 5.32 Å². The van der Waals surface area contributed by atoms with Gasteiger partial charge in [0.1, 0.15) is 11.8 Å². The molecule has 0 saturated heterocycles. The Kier molecular flexibility index (Phi) is 4.62. The summed E-state index contributed by atoms with van der Waals surface area (Å²) in [5.74, 6) is -0.692. The second-order valence-electron chi connectivity index (χ2n) is 5.90. The third kappa shape index (κ3) is 3.31. The van der Waals surface area contributed by atoms with Crippen molar-refractivity contribution < 1.29 is 9.90 Å². The number of benzene rings is 2. The van der Waals surface area contributed by atoms with Gasteiger partial charge in [-0.05, 0) is 36.1 Å². The summed E-state index contributed by atoms with van der Waals surface area (Å²) in [7, 11) is 0. The molecule has 0 radical (unpaired) electrons. The van der Waals surface area contributed by atoms with E-state index in [1.165, 1.54) is 0 Å². The highest BCUT2D eigenvalue weighted by molar-refractivity contribution is 6.07. The molecule has 0 aliphatic heterocycles. The number of allylic oxidation sites excluding steroid dienone is 1. The Morgan fingerprint density at radius 2 is 1.67 bits per heavy atom. The Morgan fingerprint density at radius 3 is 2.21 bits per heavy atom. The van der Waals surface area contributed by atoms with Gasteiger partial charge >= 0.3 is 0 Å². The predicted octanol–water partition coefficient (Wildman–Crippen LogP) is 4.43. The van der Waals surface area contributed by atoms with Crippen molar-refractivity contribution in [2.24, 2.45) is 5.92 Å². The molecule has 0 aromatic heterocycles. The minimum atomic E-state index is -0.561. The Morgan fingerprint density at radius 1 is 1.04 bits per heavy atom. The van der Waals surface area contributed by atoms with Crippen molar-refractivity contribution in [1.29, 1.82) is 5.26 Å². The molecule has 2 N–H and O–H groups in total. The van der Waals surface area contributed by atoms with Gasteiger partial charge in [0.15, 0.2) is 5.57 Å². The predicted molar refractivity (Wildman–Crippen MR) is 93.1 cm³/mol. The molecule has 0 unspecified atom stereocenters.